The van der Waals surface area contributed by atoms with Gasteiger partial charge in [0.1, 0.15) is 18.3 Å². The molecule has 4 rings (SSSR count). The summed E-state index contributed by atoms with van der Waals surface area (Å²) in [6, 6.07) is 29.7. The lowest BCUT2D eigenvalue weighted by molar-refractivity contribution is -0.133. The van der Waals surface area contributed by atoms with Crippen molar-refractivity contribution >= 4 is 0 Å². The lowest BCUT2D eigenvalue weighted by atomic mass is 10.0. The van der Waals surface area contributed by atoms with Gasteiger partial charge in [-0.25, -0.2) is 0 Å². The van der Waals surface area contributed by atoms with E-state index in [0.29, 0.717) is 19.8 Å². The van der Waals surface area contributed by atoms with Crippen molar-refractivity contribution in [1.29, 1.82) is 0 Å². The maximum Gasteiger partial charge on any atom is 0.114 e. The fourth-order valence-electron chi connectivity index (χ4n) is 4.06. The second kappa shape index (κ2) is 11.1. The van der Waals surface area contributed by atoms with E-state index in [2.05, 4.69) is 5.92 Å². The van der Waals surface area contributed by atoms with E-state index in [4.69, 9.17) is 20.6 Å². The fourth-order valence-corrected chi connectivity index (χ4v) is 4.06. The molecular weight excluding hydrogens is 400 g/mol. The van der Waals surface area contributed by atoms with Crippen LogP contribution in [0.5, 0.6) is 0 Å². The van der Waals surface area contributed by atoms with Crippen LogP contribution in [-0.2, 0) is 34.0 Å². The molecule has 1 N–H and O–H groups in total. The maximum absolute atomic E-state index is 11.0. The van der Waals surface area contributed by atoms with Crippen LogP contribution in [-0.4, -0.2) is 29.5 Å². The number of ether oxygens (including phenoxy) is 3. The lowest BCUT2D eigenvalue weighted by Crippen LogP contribution is -2.38. The molecule has 0 aliphatic heterocycles. The highest BCUT2D eigenvalue weighted by atomic mass is 16.6. The van der Waals surface area contributed by atoms with Crippen LogP contribution < -0.4 is 0 Å². The zero-order valence-corrected chi connectivity index (χ0v) is 17.9. The van der Waals surface area contributed by atoms with Crippen LogP contribution in [0, 0.1) is 18.3 Å². The number of benzene rings is 3. The summed E-state index contributed by atoms with van der Waals surface area (Å²) < 4.78 is 18.7. The molecule has 4 heteroatoms. The Balaban J connectivity index is 1.52. The first-order valence-corrected chi connectivity index (χ1v) is 10.9. The standard InChI is InChI=1S/C28H28O4/c1-2-24-25(29)27(31-19-22-14-8-4-9-15-22)28(32-20-23-16-10-5-11-17-23)26(24)30-18-21-12-6-3-7-13-21/h1,3-17,24-29H,18-20H2/t24-,25+,26+,27-,28-/m0/s1. The molecule has 5 atom stereocenters. The zero-order chi connectivity index (χ0) is 22.2. The Labute approximate surface area is 189 Å². The number of aliphatic hydroxyl groups excluding tert-OH is 1. The van der Waals surface area contributed by atoms with E-state index in [1.165, 1.54) is 0 Å². The summed E-state index contributed by atoms with van der Waals surface area (Å²) in [6.45, 7) is 1.12. The van der Waals surface area contributed by atoms with Crippen LogP contribution >= 0.6 is 0 Å². The molecule has 0 heterocycles. The van der Waals surface area contributed by atoms with Gasteiger partial charge in [-0.2, -0.15) is 0 Å². The van der Waals surface area contributed by atoms with E-state index < -0.39 is 30.3 Å². The van der Waals surface area contributed by atoms with Gasteiger partial charge in [0, 0.05) is 0 Å². The molecule has 1 fully saturated rings. The summed E-state index contributed by atoms with van der Waals surface area (Å²) in [6.07, 6.45) is 3.35. The SMILES string of the molecule is C#C[C@H]1[C@@H](O)[C@H](OCc2ccccc2)[C@@H](OCc2ccccc2)[C@@H]1OCc1ccccc1. The van der Waals surface area contributed by atoms with Crippen molar-refractivity contribution in [1.82, 2.24) is 0 Å². The molecule has 0 amide bonds. The molecule has 0 unspecified atom stereocenters. The second-order valence-electron chi connectivity index (χ2n) is 7.97. The largest absolute Gasteiger partial charge is 0.389 e. The van der Waals surface area contributed by atoms with Gasteiger partial charge in [-0.05, 0) is 16.7 Å². The summed E-state index contributed by atoms with van der Waals surface area (Å²) in [4.78, 5) is 0. The lowest BCUT2D eigenvalue weighted by Gasteiger charge is -2.26. The molecule has 32 heavy (non-hydrogen) atoms. The minimum Gasteiger partial charge on any atom is -0.389 e. The van der Waals surface area contributed by atoms with E-state index in [9.17, 15) is 5.11 Å². The van der Waals surface area contributed by atoms with Gasteiger partial charge in [0.2, 0.25) is 0 Å². The van der Waals surface area contributed by atoms with Crippen molar-refractivity contribution in [3.63, 3.8) is 0 Å². The molecule has 0 spiro atoms. The molecule has 1 aliphatic carbocycles. The third-order valence-corrected chi connectivity index (χ3v) is 5.75. The molecule has 0 saturated heterocycles. The number of hydrogen-bond acceptors (Lipinski definition) is 4. The van der Waals surface area contributed by atoms with Crippen molar-refractivity contribution in [2.24, 2.45) is 5.92 Å². The highest BCUT2D eigenvalue weighted by Gasteiger charge is 2.52. The summed E-state index contributed by atoms with van der Waals surface area (Å²) in [5.74, 6) is 2.19. The Kier molecular flexibility index (Phi) is 7.71. The van der Waals surface area contributed by atoms with Crippen LogP contribution in [0.4, 0.5) is 0 Å². The Morgan fingerprint density at radius 1 is 0.594 bits per heavy atom. The van der Waals surface area contributed by atoms with E-state index in [1.807, 2.05) is 91.0 Å². The summed E-state index contributed by atoms with van der Waals surface area (Å²) in [5, 5.41) is 11.0. The van der Waals surface area contributed by atoms with Gasteiger partial charge < -0.3 is 19.3 Å². The first kappa shape index (κ1) is 22.3. The summed E-state index contributed by atoms with van der Waals surface area (Å²) in [7, 11) is 0. The molecule has 164 valence electrons. The molecule has 3 aromatic carbocycles. The first-order chi connectivity index (χ1) is 15.8. The number of terminal acetylenes is 1. The van der Waals surface area contributed by atoms with Crippen molar-refractivity contribution < 1.29 is 19.3 Å². The van der Waals surface area contributed by atoms with Crippen molar-refractivity contribution in [3.8, 4) is 12.3 Å². The van der Waals surface area contributed by atoms with Crippen LogP contribution in [0.25, 0.3) is 0 Å². The van der Waals surface area contributed by atoms with E-state index >= 15 is 0 Å². The Bertz CT molecular complexity index is 984. The molecule has 0 aromatic heterocycles. The van der Waals surface area contributed by atoms with Crippen LogP contribution in [0.3, 0.4) is 0 Å². The van der Waals surface area contributed by atoms with Gasteiger partial charge in [-0.1, -0.05) is 96.9 Å². The van der Waals surface area contributed by atoms with Gasteiger partial charge in [0.25, 0.3) is 0 Å². The molecule has 3 aromatic rings. The number of hydrogen-bond donors (Lipinski definition) is 1. The Morgan fingerprint density at radius 3 is 1.38 bits per heavy atom. The summed E-state index contributed by atoms with van der Waals surface area (Å²) in [5.41, 5.74) is 3.09. The average molecular weight is 429 g/mol. The van der Waals surface area contributed by atoms with Crippen LogP contribution in [0.15, 0.2) is 91.0 Å². The molecule has 0 bridgehead atoms. The normalized spacial score (nSPS) is 24.8. The van der Waals surface area contributed by atoms with Crippen LogP contribution in [0.1, 0.15) is 16.7 Å². The van der Waals surface area contributed by atoms with Crippen molar-refractivity contribution in [2.75, 3.05) is 0 Å². The quantitative estimate of drug-likeness (QED) is 0.515. The average Bonchev–Trinajstić information content (AvgIpc) is 3.11. The number of rotatable bonds is 9. The molecular formula is C28H28O4. The molecule has 1 aliphatic rings. The summed E-state index contributed by atoms with van der Waals surface area (Å²) >= 11 is 0. The monoisotopic (exact) mass is 428 g/mol. The zero-order valence-electron chi connectivity index (χ0n) is 17.9. The third kappa shape index (κ3) is 5.45. The minimum absolute atomic E-state index is 0.358. The van der Waals surface area contributed by atoms with Gasteiger partial charge >= 0.3 is 0 Å². The van der Waals surface area contributed by atoms with Gasteiger partial charge in [0.05, 0.1) is 31.8 Å². The second-order valence-corrected chi connectivity index (χ2v) is 7.97. The topological polar surface area (TPSA) is 47.9 Å². The highest BCUT2D eigenvalue weighted by Crippen LogP contribution is 2.35. The minimum atomic E-state index is -0.884. The van der Waals surface area contributed by atoms with E-state index in [0.717, 1.165) is 16.7 Å². The molecule has 1 saturated carbocycles. The van der Waals surface area contributed by atoms with Crippen LogP contribution in [0.2, 0.25) is 0 Å². The highest BCUT2D eigenvalue weighted by molar-refractivity contribution is 5.18. The van der Waals surface area contributed by atoms with Gasteiger partial charge in [-0.15, -0.1) is 6.42 Å². The Hall–Kier alpha value is -2.94. The maximum atomic E-state index is 11.0. The van der Waals surface area contributed by atoms with E-state index in [1.54, 1.807) is 0 Å². The number of aliphatic hydroxyl groups is 1. The first-order valence-electron chi connectivity index (χ1n) is 10.9. The third-order valence-electron chi connectivity index (χ3n) is 5.75. The van der Waals surface area contributed by atoms with Crippen molar-refractivity contribution in [2.45, 2.75) is 44.2 Å². The van der Waals surface area contributed by atoms with Gasteiger partial charge in [-0.3, -0.25) is 0 Å². The van der Waals surface area contributed by atoms with Gasteiger partial charge in [0.15, 0.2) is 0 Å². The predicted octanol–water partition coefficient (Wildman–Crippen LogP) is 4.37. The molecule has 4 nitrogen and oxygen atoms in total. The fraction of sp³-hybridized carbons (Fsp3) is 0.286. The Morgan fingerprint density at radius 2 is 0.969 bits per heavy atom. The smallest absolute Gasteiger partial charge is 0.114 e. The molecule has 0 radical (unpaired) electrons. The predicted molar refractivity (Wildman–Crippen MR) is 123 cm³/mol. The van der Waals surface area contributed by atoms with Crippen molar-refractivity contribution in [3.05, 3.63) is 108 Å². The van der Waals surface area contributed by atoms with E-state index in [-0.39, 0.29) is 0 Å².